The largest absolute Gasteiger partial charge is 0.476 e. The lowest BCUT2D eigenvalue weighted by molar-refractivity contribution is -0.132. The minimum absolute atomic E-state index is 0.0221. The fourth-order valence-corrected chi connectivity index (χ4v) is 2.19. The lowest BCUT2D eigenvalue weighted by Gasteiger charge is -2.25. The van der Waals surface area contributed by atoms with Crippen LogP contribution in [0.3, 0.4) is 0 Å². The number of carbonyl (C=O) groups excluding carboxylic acids is 1. The highest BCUT2D eigenvalue weighted by molar-refractivity contribution is 6.30. The van der Waals surface area contributed by atoms with E-state index in [1.54, 1.807) is 11.9 Å². The Morgan fingerprint density at radius 3 is 2.57 bits per heavy atom. The molecule has 0 radical (unpaired) electrons. The number of likely N-dealkylation sites (N-methyl/N-ethyl adjacent to an activating group) is 1. The van der Waals surface area contributed by atoms with Crippen LogP contribution in [0.25, 0.3) is 0 Å². The molecule has 1 N–H and O–H groups in total. The van der Waals surface area contributed by atoms with Crippen molar-refractivity contribution in [1.82, 2.24) is 19.9 Å². The molecule has 0 bridgehead atoms. The van der Waals surface area contributed by atoms with Crippen molar-refractivity contribution in [2.45, 2.75) is 25.9 Å². The van der Waals surface area contributed by atoms with Crippen molar-refractivity contribution in [2.75, 3.05) is 7.05 Å². The number of benzene rings is 1. The molecule has 1 atom stereocenters. The van der Waals surface area contributed by atoms with Crippen molar-refractivity contribution in [3.8, 4) is 0 Å². The second kappa shape index (κ2) is 7.23. The molecule has 1 aromatic carbocycles. The third-order valence-corrected chi connectivity index (χ3v) is 3.81. The summed E-state index contributed by atoms with van der Waals surface area (Å²) in [5.74, 6) is -1.35. The van der Waals surface area contributed by atoms with Gasteiger partial charge in [0.05, 0.1) is 6.20 Å². The standard InChI is InChI=1S/C15H17ClN4O3/c1-10(7-11-3-5-12(16)6-4-11)19(2)14(21)9-20-8-13(15(22)23)17-18-20/h3-6,8,10H,7,9H2,1-2H3,(H,22,23). The summed E-state index contributed by atoms with van der Waals surface area (Å²) < 4.78 is 1.22. The summed E-state index contributed by atoms with van der Waals surface area (Å²) in [6.45, 7) is 1.89. The van der Waals surface area contributed by atoms with Crippen LogP contribution < -0.4 is 0 Å². The van der Waals surface area contributed by atoms with Gasteiger partial charge in [-0.15, -0.1) is 5.10 Å². The van der Waals surface area contributed by atoms with Crippen molar-refractivity contribution >= 4 is 23.5 Å². The summed E-state index contributed by atoms with van der Waals surface area (Å²) in [6, 6.07) is 7.45. The number of amides is 1. The number of hydrogen-bond acceptors (Lipinski definition) is 4. The summed E-state index contributed by atoms with van der Waals surface area (Å²) in [5.41, 5.74) is 0.894. The molecule has 7 nitrogen and oxygen atoms in total. The monoisotopic (exact) mass is 336 g/mol. The van der Waals surface area contributed by atoms with Gasteiger partial charge >= 0.3 is 5.97 Å². The molecule has 1 amide bonds. The zero-order valence-corrected chi connectivity index (χ0v) is 13.6. The number of hydrogen-bond donors (Lipinski definition) is 1. The highest BCUT2D eigenvalue weighted by Crippen LogP contribution is 2.13. The topological polar surface area (TPSA) is 88.3 Å². The summed E-state index contributed by atoms with van der Waals surface area (Å²) in [7, 11) is 1.71. The number of halogens is 1. The van der Waals surface area contributed by atoms with E-state index in [0.717, 1.165) is 5.56 Å². The van der Waals surface area contributed by atoms with Crippen LogP contribution >= 0.6 is 11.6 Å². The maximum absolute atomic E-state index is 12.2. The average molecular weight is 337 g/mol. The molecule has 2 aromatic rings. The molecule has 1 aromatic heterocycles. The second-order valence-electron chi connectivity index (χ2n) is 5.29. The maximum atomic E-state index is 12.2. The molecular formula is C15H17ClN4O3. The van der Waals surface area contributed by atoms with Crippen LogP contribution in [-0.2, 0) is 17.8 Å². The van der Waals surface area contributed by atoms with Crippen LogP contribution in [0.15, 0.2) is 30.5 Å². The van der Waals surface area contributed by atoms with E-state index in [9.17, 15) is 9.59 Å². The molecule has 0 aliphatic heterocycles. The number of aromatic nitrogens is 3. The highest BCUT2D eigenvalue weighted by Gasteiger charge is 2.18. The maximum Gasteiger partial charge on any atom is 0.358 e. The van der Waals surface area contributed by atoms with Gasteiger partial charge in [0.1, 0.15) is 6.54 Å². The molecule has 122 valence electrons. The minimum Gasteiger partial charge on any atom is -0.476 e. The van der Waals surface area contributed by atoms with Gasteiger partial charge in [-0.05, 0) is 31.0 Å². The minimum atomic E-state index is -1.17. The number of aromatic carboxylic acids is 1. The molecule has 0 spiro atoms. The average Bonchev–Trinajstić information content (AvgIpc) is 2.97. The van der Waals surface area contributed by atoms with Crippen molar-refractivity contribution in [2.24, 2.45) is 0 Å². The summed E-state index contributed by atoms with van der Waals surface area (Å²) in [5, 5.41) is 16.6. The predicted octanol–water partition coefficient (Wildman–Crippen LogP) is 1.72. The van der Waals surface area contributed by atoms with Crippen molar-refractivity contribution in [3.63, 3.8) is 0 Å². The lowest BCUT2D eigenvalue weighted by atomic mass is 10.1. The number of carboxylic acids is 1. The van der Waals surface area contributed by atoms with Gasteiger partial charge in [-0.2, -0.15) is 0 Å². The second-order valence-corrected chi connectivity index (χ2v) is 5.73. The molecule has 0 fully saturated rings. The fraction of sp³-hybridized carbons (Fsp3) is 0.333. The Morgan fingerprint density at radius 1 is 1.35 bits per heavy atom. The molecule has 1 unspecified atom stereocenters. The molecule has 0 saturated carbocycles. The Labute approximate surface area is 138 Å². The third-order valence-electron chi connectivity index (χ3n) is 3.55. The summed E-state index contributed by atoms with van der Waals surface area (Å²) in [4.78, 5) is 24.6. The van der Waals surface area contributed by atoms with E-state index in [-0.39, 0.29) is 24.2 Å². The van der Waals surface area contributed by atoms with Crippen LogP contribution in [0.5, 0.6) is 0 Å². The molecule has 0 aliphatic rings. The van der Waals surface area contributed by atoms with Crippen LogP contribution in [0.2, 0.25) is 5.02 Å². The Morgan fingerprint density at radius 2 is 2.00 bits per heavy atom. The van der Waals surface area contributed by atoms with Crippen LogP contribution in [0, 0.1) is 0 Å². The van der Waals surface area contributed by atoms with Crippen molar-refractivity contribution < 1.29 is 14.7 Å². The molecular weight excluding hydrogens is 320 g/mol. The van der Waals surface area contributed by atoms with E-state index in [1.807, 2.05) is 31.2 Å². The normalized spacial score (nSPS) is 12.0. The highest BCUT2D eigenvalue weighted by atomic mass is 35.5. The van der Waals surface area contributed by atoms with E-state index < -0.39 is 5.97 Å². The molecule has 23 heavy (non-hydrogen) atoms. The van der Waals surface area contributed by atoms with E-state index in [4.69, 9.17) is 16.7 Å². The SMILES string of the molecule is CC(Cc1ccc(Cl)cc1)N(C)C(=O)Cn1cc(C(=O)O)nn1. The first-order chi connectivity index (χ1) is 10.9. The van der Waals surface area contributed by atoms with Gasteiger partial charge in [-0.1, -0.05) is 28.9 Å². The molecule has 1 heterocycles. The molecule has 2 rings (SSSR count). The van der Waals surface area contributed by atoms with Gasteiger partial charge in [-0.25, -0.2) is 9.48 Å². The van der Waals surface area contributed by atoms with E-state index in [0.29, 0.717) is 11.4 Å². The quantitative estimate of drug-likeness (QED) is 0.867. The van der Waals surface area contributed by atoms with Crippen molar-refractivity contribution in [1.29, 1.82) is 0 Å². The van der Waals surface area contributed by atoms with E-state index in [2.05, 4.69) is 10.3 Å². The Kier molecular flexibility index (Phi) is 5.33. The molecule has 0 aliphatic carbocycles. The van der Waals surface area contributed by atoms with Gasteiger partial charge in [0.2, 0.25) is 5.91 Å². The lowest BCUT2D eigenvalue weighted by Crippen LogP contribution is -2.38. The van der Waals surface area contributed by atoms with Gasteiger partial charge in [-0.3, -0.25) is 4.79 Å². The zero-order chi connectivity index (χ0) is 17.0. The fourth-order valence-electron chi connectivity index (χ4n) is 2.07. The Balaban J connectivity index is 1.94. The van der Waals surface area contributed by atoms with E-state index >= 15 is 0 Å². The van der Waals surface area contributed by atoms with Gasteiger partial charge in [0, 0.05) is 18.1 Å². The van der Waals surface area contributed by atoms with Crippen LogP contribution in [-0.4, -0.2) is 50.0 Å². The van der Waals surface area contributed by atoms with Crippen LogP contribution in [0.1, 0.15) is 23.0 Å². The summed E-state index contributed by atoms with van der Waals surface area (Å²) in [6.07, 6.45) is 1.93. The first kappa shape index (κ1) is 17.0. The Hall–Kier alpha value is -2.41. The number of nitrogens with zero attached hydrogens (tertiary/aromatic N) is 4. The van der Waals surface area contributed by atoms with Crippen molar-refractivity contribution in [3.05, 3.63) is 46.7 Å². The number of carboxylic acid groups (broad SMARTS) is 1. The number of carbonyl (C=O) groups is 2. The van der Waals surface area contributed by atoms with Gasteiger partial charge < -0.3 is 10.0 Å². The third kappa shape index (κ3) is 4.53. The van der Waals surface area contributed by atoms with Gasteiger partial charge in [0.15, 0.2) is 5.69 Å². The summed E-state index contributed by atoms with van der Waals surface area (Å²) >= 11 is 5.85. The van der Waals surface area contributed by atoms with Crippen LogP contribution in [0.4, 0.5) is 0 Å². The molecule has 8 heteroatoms. The molecule has 0 saturated heterocycles. The van der Waals surface area contributed by atoms with Gasteiger partial charge in [0.25, 0.3) is 0 Å². The number of rotatable bonds is 6. The Bertz CT molecular complexity index is 699. The first-order valence-corrected chi connectivity index (χ1v) is 7.38. The van der Waals surface area contributed by atoms with E-state index in [1.165, 1.54) is 10.9 Å². The first-order valence-electron chi connectivity index (χ1n) is 7.00. The predicted molar refractivity (Wildman–Crippen MR) is 84.4 cm³/mol. The zero-order valence-electron chi connectivity index (χ0n) is 12.8. The smallest absolute Gasteiger partial charge is 0.358 e.